The summed E-state index contributed by atoms with van der Waals surface area (Å²) in [4.78, 5) is 17.0. The summed E-state index contributed by atoms with van der Waals surface area (Å²) in [7, 11) is 1.89. The summed E-state index contributed by atoms with van der Waals surface area (Å²) >= 11 is 1.69. The summed E-state index contributed by atoms with van der Waals surface area (Å²) in [5.74, 6) is 0. The third kappa shape index (κ3) is 6.21. The molecule has 4 N–H and O–H groups in total. The molecule has 25 heavy (non-hydrogen) atoms. The molecular formula is C19H30N4OS. The van der Waals surface area contributed by atoms with E-state index in [0.717, 1.165) is 30.4 Å². The Morgan fingerprint density at radius 2 is 2.20 bits per heavy atom. The van der Waals surface area contributed by atoms with Crippen molar-refractivity contribution >= 4 is 30.1 Å². The summed E-state index contributed by atoms with van der Waals surface area (Å²) in [6, 6.07) is 6.29. The quantitative estimate of drug-likeness (QED) is 0.320. The van der Waals surface area contributed by atoms with E-state index >= 15 is 0 Å². The lowest BCUT2D eigenvalue weighted by Crippen LogP contribution is -2.24. The van der Waals surface area contributed by atoms with Gasteiger partial charge < -0.3 is 21.2 Å². The zero-order valence-electron chi connectivity index (χ0n) is 15.6. The minimum atomic E-state index is -0.481. The first kappa shape index (κ1) is 21.3. The molecule has 0 aliphatic carbocycles. The van der Waals surface area contributed by atoms with E-state index in [1.165, 1.54) is 10.5 Å². The van der Waals surface area contributed by atoms with Crippen molar-refractivity contribution in [2.75, 3.05) is 31.7 Å². The van der Waals surface area contributed by atoms with Gasteiger partial charge in [0.25, 0.3) is 0 Å². The Hall–Kier alpha value is -1.79. The Kier molecular flexibility index (Phi) is 9.31. The number of nitrogens with one attached hydrogen (secondary N) is 2. The molecule has 138 valence electrons. The summed E-state index contributed by atoms with van der Waals surface area (Å²) in [5.41, 5.74) is 8.15. The van der Waals surface area contributed by atoms with Gasteiger partial charge in [-0.1, -0.05) is 19.1 Å². The Balaban J connectivity index is 3.01. The van der Waals surface area contributed by atoms with Crippen LogP contribution in [0.4, 0.5) is 5.69 Å². The first-order valence-electron chi connectivity index (χ1n) is 8.49. The molecule has 1 rings (SSSR count). The zero-order valence-corrected chi connectivity index (χ0v) is 16.5. The number of allylic oxidation sites excluding steroid dienone is 1. The zero-order chi connectivity index (χ0) is 18.7. The van der Waals surface area contributed by atoms with E-state index < -0.39 is 5.41 Å². The maximum Gasteiger partial charge on any atom is 0.130 e. The summed E-state index contributed by atoms with van der Waals surface area (Å²) in [6.07, 6.45) is 8.28. The van der Waals surface area contributed by atoms with E-state index in [1.54, 1.807) is 18.1 Å². The lowest BCUT2D eigenvalue weighted by Gasteiger charge is -2.25. The standard InChI is InChI=1S/C19H30N4OS/c1-5-19(2,13-24)17-11-15(6-7-18(17)21-3)10-16(25-4)12-23-14-22-9-8-20/h6-7,11-14,21H,5,8-10,20H2,1-4H3,(H,22,23)/b16-12-. The number of thioether (sulfide) groups is 1. The molecule has 1 aromatic carbocycles. The second-order valence-electron chi connectivity index (χ2n) is 6.00. The number of nitrogens with zero attached hydrogens (tertiary/aromatic N) is 1. The van der Waals surface area contributed by atoms with E-state index in [-0.39, 0.29) is 0 Å². The predicted octanol–water partition coefficient (Wildman–Crippen LogP) is 2.92. The van der Waals surface area contributed by atoms with Crippen molar-refractivity contribution in [3.63, 3.8) is 0 Å². The van der Waals surface area contributed by atoms with Crippen LogP contribution in [-0.2, 0) is 16.6 Å². The maximum atomic E-state index is 11.7. The number of carbonyl (C=O) groups excluding carboxylic acids is 1. The number of carbonyl (C=O) groups is 1. The molecule has 0 spiro atoms. The number of rotatable bonds is 11. The Morgan fingerprint density at radius 1 is 1.44 bits per heavy atom. The molecule has 1 aromatic rings. The van der Waals surface area contributed by atoms with E-state index in [4.69, 9.17) is 5.73 Å². The number of benzene rings is 1. The lowest BCUT2D eigenvalue weighted by atomic mass is 9.79. The predicted molar refractivity (Wildman–Crippen MR) is 111 cm³/mol. The molecule has 1 atom stereocenters. The van der Waals surface area contributed by atoms with Gasteiger partial charge in [0.2, 0.25) is 0 Å². The Morgan fingerprint density at radius 3 is 2.76 bits per heavy atom. The molecule has 6 heteroatoms. The van der Waals surface area contributed by atoms with Crippen LogP contribution in [-0.4, -0.2) is 39.0 Å². The van der Waals surface area contributed by atoms with Crippen molar-refractivity contribution in [2.24, 2.45) is 10.7 Å². The van der Waals surface area contributed by atoms with Gasteiger partial charge >= 0.3 is 0 Å². The van der Waals surface area contributed by atoms with Gasteiger partial charge in [-0.3, -0.25) is 4.99 Å². The second kappa shape index (κ2) is 10.9. The highest BCUT2D eigenvalue weighted by atomic mass is 32.2. The van der Waals surface area contributed by atoms with Gasteiger partial charge in [0, 0.05) is 42.2 Å². The van der Waals surface area contributed by atoms with Gasteiger partial charge in [-0.25, -0.2) is 0 Å². The van der Waals surface area contributed by atoms with E-state index in [0.29, 0.717) is 13.1 Å². The molecule has 5 nitrogen and oxygen atoms in total. The second-order valence-corrected chi connectivity index (χ2v) is 6.93. The maximum absolute atomic E-state index is 11.7. The van der Waals surface area contributed by atoms with E-state index in [2.05, 4.69) is 40.1 Å². The number of hydrogen-bond donors (Lipinski definition) is 3. The normalized spacial score (nSPS) is 14.4. The van der Waals surface area contributed by atoms with Crippen molar-refractivity contribution in [3.8, 4) is 0 Å². The van der Waals surface area contributed by atoms with Crippen LogP contribution in [0.5, 0.6) is 0 Å². The third-order valence-electron chi connectivity index (χ3n) is 4.27. The number of nitrogens with two attached hydrogens (primary N) is 1. The fourth-order valence-corrected chi connectivity index (χ4v) is 2.93. The number of hydrogen-bond acceptors (Lipinski definition) is 5. The molecule has 0 saturated heterocycles. The largest absolute Gasteiger partial charge is 0.388 e. The topological polar surface area (TPSA) is 79.5 Å². The fraction of sp³-hybridized carbons (Fsp3) is 0.474. The molecule has 0 amide bonds. The highest BCUT2D eigenvalue weighted by Gasteiger charge is 2.26. The van der Waals surface area contributed by atoms with Crippen molar-refractivity contribution < 1.29 is 4.79 Å². The molecular weight excluding hydrogens is 332 g/mol. The van der Waals surface area contributed by atoms with E-state index in [1.807, 2.05) is 27.1 Å². The number of anilines is 1. The fourth-order valence-electron chi connectivity index (χ4n) is 2.43. The number of aliphatic imine (C=N–C) groups is 1. The minimum absolute atomic E-state index is 0.481. The van der Waals surface area contributed by atoms with Gasteiger partial charge in [0.15, 0.2) is 0 Å². The average molecular weight is 363 g/mol. The smallest absolute Gasteiger partial charge is 0.130 e. The number of aldehydes is 1. The summed E-state index contributed by atoms with van der Waals surface area (Å²) in [6.45, 7) is 5.19. The van der Waals surface area contributed by atoms with Crippen LogP contribution >= 0.6 is 11.8 Å². The Labute approximate surface area is 155 Å². The molecule has 0 saturated carbocycles. The first-order valence-corrected chi connectivity index (χ1v) is 9.72. The monoisotopic (exact) mass is 362 g/mol. The van der Waals surface area contributed by atoms with Crippen molar-refractivity contribution in [1.82, 2.24) is 5.32 Å². The third-order valence-corrected chi connectivity index (χ3v) is 5.06. The molecule has 0 radical (unpaired) electrons. The van der Waals surface area contributed by atoms with Gasteiger partial charge in [-0.15, -0.1) is 11.8 Å². The molecule has 0 bridgehead atoms. The van der Waals surface area contributed by atoms with Crippen LogP contribution in [0.2, 0.25) is 0 Å². The summed E-state index contributed by atoms with van der Waals surface area (Å²) < 4.78 is 0. The highest BCUT2D eigenvalue weighted by Crippen LogP contribution is 2.33. The van der Waals surface area contributed by atoms with Crippen molar-refractivity contribution in [2.45, 2.75) is 32.1 Å². The van der Waals surface area contributed by atoms with Gasteiger partial charge in [0.1, 0.15) is 6.29 Å². The van der Waals surface area contributed by atoms with Gasteiger partial charge in [-0.2, -0.15) is 0 Å². The first-order chi connectivity index (χ1) is 12.0. The molecule has 0 fully saturated rings. The molecule has 0 heterocycles. The molecule has 1 unspecified atom stereocenters. The van der Waals surface area contributed by atoms with Crippen LogP contribution < -0.4 is 16.4 Å². The minimum Gasteiger partial charge on any atom is -0.388 e. The average Bonchev–Trinajstić information content (AvgIpc) is 2.66. The highest BCUT2D eigenvalue weighted by molar-refractivity contribution is 8.02. The van der Waals surface area contributed by atoms with E-state index in [9.17, 15) is 4.79 Å². The van der Waals surface area contributed by atoms with Crippen LogP contribution in [0.3, 0.4) is 0 Å². The van der Waals surface area contributed by atoms with Gasteiger partial charge in [0.05, 0.1) is 12.9 Å². The van der Waals surface area contributed by atoms with Crippen molar-refractivity contribution in [1.29, 1.82) is 0 Å². The van der Waals surface area contributed by atoms with Crippen molar-refractivity contribution in [3.05, 3.63) is 40.4 Å². The summed E-state index contributed by atoms with van der Waals surface area (Å²) in [5, 5.41) is 6.28. The Bertz CT molecular complexity index is 615. The van der Waals surface area contributed by atoms with Crippen LogP contribution in [0.25, 0.3) is 0 Å². The van der Waals surface area contributed by atoms with Crippen LogP contribution in [0.1, 0.15) is 31.4 Å². The molecule has 0 aromatic heterocycles. The lowest BCUT2D eigenvalue weighted by molar-refractivity contribution is -0.112. The van der Waals surface area contributed by atoms with Gasteiger partial charge in [-0.05, 0) is 36.8 Å². The molecule has 0 aliphatic rings. The SMILES string of the molecule is CCC(C)(C=O)c1cc(C/C(=C/NC=NCCN)SC)ccc1NC. The van der Waals surface area contributed by atoms with Crippen LogP contribution in [0.15, 0.2) is 34.3 Å². The molecule has 0 aliphatic heterocycles. The van der Waals surface area contributed by atoms with Crippen LogP contribution in [0, 0.1) is 0 Å².